The van der Waals surface area contributed by atoms with Gasteiger partial charge in [-0.05, 0) is 24.6 Å². The van der Waals surface area contributed by atoms with Crippen molar-refractivity contribution < 1.29 is 9.90 Å². The fraction of sp³-hybridized carbons (Fsp3) is 0.333. The number of carboxylic acids is 1. The second-order valence-electron chi connectivity index (χ2n) is 4.23. The molecule has 0 amide bonds. The van der Waals surface area contributed by atoms with E-state index in [-0.39, 0.29) is 5.75 Å². The fourth-order valence-corrected chi connectivity index (χ4v) is 2.56. The molecule has 2 rings (SSSR count). The molecular weight excluding hydrogens is 250 g/mol. The Morgan fingerprint density at radius 2 is 2.22 bits per heavy atom. The molecular formula is C12H15N3O2S. The summed E-state index contributed by atoms with van der Waals surface area (Å²) in [5.41, 5.74) is 3.01. The predicted molar refractivity (Wildman–Crippen MR) is 72.9 cm³/mol. The summed E-state index contributed by atoms with van der Waals surface area (Å²) in [4.78, 5) is 15.1. The molecule has 1 N–H and O–H groups in total. The number of aliphatic carboxylic acids is 1. The molecule has 0 atom stereocenters. The highest BCUT2D eigenvalue weighted by atomic mass is 32.2. The quantitative estimate of drug-likeness (QED) is 0.853. The van der Waals surface area contributed by atoms with Crippen molar-refractivity contribution in [2.24, 2.45) is 0 Å². The monoisotopic (exact) mass is 265 g/mol. The maximum absolute atomic E-state index is 10.7. The van der Waals surface area contributed by atoms with Crippen LogP contribution in [0.1, 0.15) is 5.56 Å². The summed E-state index contributed by atoms with van der Waals surface area (Å²) in [6, 6.07) is 6.03. The fourth-order valence-electron chi connectivity index (χ4n) is 1.76. The van der Waals surface area contributed by atoms with Crippen molar-refractivity contribution in [1.82, 2.24) is 9.66 Å². The number of aromatic nitrogens is 2. The number of hydrogen-bond acceptors (Lipinski definition) is 4. The van der Waals surface area contributed by atoms with Crippen LogP contribution in [0.25, 0.3) is 11.0 Å². The molecule has 1 aromatic carbocycles. The van der Waals surface area contributed by atoms with Crippen LogP contribution in [0.5, 0.6) is 0 Å². The second-order valence-corrected chi connectivity index (χ2v) is 5.17. The molecule has 1 heterocycles. The lowest BCUT2D eigenvalue weighted by atomic mass is 10.2. The lowest BCUT2D eigenvalue weighted by Gasteiger charge is -2.17. The third kappa shape index (κ3) is 2.43. The Bertz CT molecular complexity index is 592. The Morgan fingerprint density at radius 3 is 2.83 bits per heavy atom. The highest BCUT2D eigenvalue weighted by molar-refractivity contribution is 7.99. The van der Waals surface area contributed by atoms with Gasteiger partial charge in [-0.25, -0.2) is 9.66 Å². The number of nitrogens with zero attached hydrogens (tertiary/aromatic N) is 3. The summed E-state index contributed by atoms with van der Waals surface area (Å²) >= 11 is 1.23. The summed E-state index contributed by atoms with van der Waals surface area (Å²) in [6.45, 7) is 2.01. The van der Waals surface area contributed by atoms with Crippen molar-refractivity contribution in [2.75, 3.05) is 24.9 Å². The number of hydrogen-bond donors (Lipinski definition) is 1. The van der Waals surface area contributed by atoms with Crippen LogP contribution in [0.3, 0.4) is 0 Å². The van der Waals surface area contributed by atoms with E-state index in [1.807, 2.05) is 48.9 Å². The van der Waals surface area contributed by atoms with Gasteiger partial charge in [0.25, 0.3) is 0 Å². The van der Waals surface area contributed by atoms with Gasteiger partial charge in [-0.15, -0.1) is 0 Å². The maximum Gasteiger partial charge on any atom is 0.313 e. The summed E-state index contributed by atoms with van der Waals surface area (Å²) in [5.74, 6) is -0.829. The van der Waals surface area contributed by atoms with Crippen molar-refractivity contribution in [3.05, 3.63) is 23.8 Å². The molecule has 0 fully saturated rings. The van der Waals surface area contributed by atoms with E-state index in [1.54, 1.807) is 0 Å². The number of carbonyl (C=O) groups is 1. The van der Waals surface area contributed by atoms with E-state index in [9.17, 15) is 4.79 Å². The zero-order valence-corrected chi connectivity index (χ0v) is 11.4. The molecule has 0 unspecified atom stereocenters. The normalized spacial score (nSPS) is 10.8. The molecule has 0 aliphatic heterocycles. The van der Waals surface area contributed by atoms with E-state index in [0.29, 0.717) is 5.16 Å². The Hall–Kier alpha value is -1.69. The van der Waals surface area contributed by atoms with Crippen LogP contribution >= 0.6 is 11.8 Å². The molecule has 0 radical (unpaired) electrons. The molecule has 0 spiro atoms. The van der Waals surface area contributed by atoms with E-state index in [2.05, 4.69) is 4.98 Å². The Morgan fingerprint density at radius 1 is 1.50 bits per heavy atom. The number of rotatable bonds is 4. The minimum atomic E-state index is -0.839. The third-order valence-electron chi connectivity index (χ3n) is 2.48. The summed E-state index contributed by atoms with van der Waals surface area (Å²) in [5, 5.41) is 11.3. The molecule has 0 aliphatic rings. The van der Waals surface area contributed by atoms with Crippen LogP contribution in [0, 0.1) is 6.92 Å². The maximum atomic E-state index is 10.7. The van der Waals surface area contributed by atoms with Gasteiger partial charge in [-0.2, -0.15) is 0 Å². The molecule has 0 saturated heterocycles. The SMILES string of the molecule is Cc1ccc2c(c1)nc(SCC(=O)O)n2N(C)C. The Kier molecular flexibility index (Phi) is 3.47. The highest BCUT2D eigenvalue weighted by Gasteiger charge is 2.13. The largest absolute Gasteiger partial charge is 0.481 e. The van der Waals surface area contributed by atoms with Gasteiger partial charge in [0.15, 0.2) is 5.16 Å². The van der Waals surface area contributed by atoms with Crippen molar-refractivity contribution in [3.63, 3.8) is 0 Å². The average molecular weight is 265 g/mol. The summed E-state index contributed by atoms with van der Waals surface area (Å²) in [7, 11) is 3.82. The first kappa shape index (κ1) is 12.8. The number of aryl methyl sites for hydroxylation is 1. The molecule has 6 heteroatoms. The van der Waals surface area contributed by atoms with Gasteiger partial charge in [-0.1, -0.05) is 17.8 Å². The number of fused-ring (bicyclic) bond motifs is 1. The summed E-state index contributed by atoms with van der Waals surface area (Å²) < 4.78 is 1.92. The molecule has 0 aliphatic carbocycles. The zero-order chi connectivity index (χ0) is 13.3. The second kappa shape index (κ2) is 4.89. The minimum Gasteiger partial charge on any atom is -0.481 e. The standard InChI is InChI=1S/C12H15N3O2S/c1-8-4-5-10-9(6-8)13-12(15(10)14(2)3)18-7-11(16)17/h4-6H,7H2,1-3H3,(H,16,17). The molecule has 0 saturated carbocycles. The smallest absolute Gasteiger partial charge is 0.313 e. The molecule has 96 valence electrons. The van der Waals surface area contributed by atoms with Crippen molar-refractivity contribution in [1.29, 1.82) is 0 Å². The van der Waals surface area contributed by atoms with Crippen molar-refractivity contribution in [2.45, 2.75) is 12.1 Å². The number of carboxylic acid groups (broad SMARTS) is 1. The van der Waals surface area contributed by atoms with E-state index in [4.69, 9.17) is 5.11 Å². The molecule has 1 aromatic heterocycles. The van der Waals surface area contributed by atoms with Crippen molar-refractivity contribution in [3.8, 4) is 0 Å². The van der Waals surface area contributed by atoms with E-state index >= 15 is 0 Å². The zero-order valence-electron chi connectivity index (χ0n) is 10.5. The first-order valence-electron chi connectivity index (χ1n) is 5.50. The van der Waals surface area contributed by atoms with Gasteiger partial charge in [-0.3, -0.25) is 4.79 Å². The predicted octanol–water partition coefficient (Wildman–Crippen LogP) is 1.72. The first-order chi connectivity index (χ1) is 8.49. The Balaban J connectivity index is 2.50. The van der Waals surface area contributed by atoms with E-state index < -0.39 is 5.97 Å². The highest BCUT2D eigenvalue weighted by Crippen LogP contribution is 2.24. The van der Waals surface area contributed by atoms with Crippen LogP contribution in [0.4, 0.5) is 0 Å². The van der Waals surface area contributed by atoms with Gasteiger partial charge in [0.05, 0.1) is 16.8 Å². The number of benzene rings is 1. The number of thioether (sulfide) groups is 1. The van der Waals surface area contributed by atoms with Gasteiger partial charge in [0, 0.05) is 14.1 Å². The van der Waals surface area contributed by atoms with Crippen LogP contribution in [-0.2, 0) is 4.79 Å². The molecule has 0 bridgehead atoms. The lowest BCUT2D eigenvalue weighted by molar-refractivity contribution is -0.133. The van der Waals surface area contributed by atoms with E-state index in [0.717, 1.165) is 16.6 Å². The van der Waals surface area contributed by atoms with Crippen molar-refractivity contribution >= 4 is 28.8 Å². The van der Waals surface area contributed by atoms with E-state index in [1.165, 1.54) is 11.8 Å². The van der Waals surface area contributed by atoms with Gasteiger partial charge < -0.3 is 10.1 Å². The summed E-state index contributed by atoms with van der Waals surface area (Å²) in [6.07, 6.45) is 0. The van der Waals surface area contributed by atoms with Crippen LogP contribution in [-0.4, -0.2) is 40.6 Å². The Labute approximate surface area is 109 Å². The lowest BCUT2D eigenvalue weighted by Crippen LogP contribution is -2.25. The molecule has 5 nitrogen and oxygen atoms in total. The molecule has 18 heavy (non-hydrogen) atoms. The van der Waals surface area contributed by atoms with Gasteiger partial charge in [0.1, 0.15) is 0 Å². The van der Waals surface area contributed by atoms with Crippen LogP contribution in [0.2, 0.25) is 0 Å². The average Bonchev–Trinajstić information content (AvgIpc) is 2.63. The van der Waals surface area contributed by atoms with Gasteiger partial charge >= 0.3 is 5.97 Å². The van der Waals surface area contributed by atoms with Gasteiger partial charge in [0.2, 0.25) is 0 Å². The van der Waals surface area contributed by atoms with Crippen LogP contribution < -0.4 is 5.01 Å². The minimum absolute atomic E-state index is 0.0101. The topological polar surface area (TPSA) is 58.4 Å². The van der Waals surface area contributed by atoms with Crippen LogP contribution in [0.15, 0.2) is 23.4 Å². The molecule has 2 aromatic rings. The first-order valence-corrected chi connectivity index (χ1v) is 6.49. The third-order valence-corrected chi connectivity index (χ3v) is 3.39. The number of imidazole rings is 1.